The number of rotatable bonds is 6. The molecule has 0 radical (unpaired) electrons. The van der Waals surface area contributed by atoms with Gasteiger partial charge in [0, 0.05) is 6.54 Å². The third-order valence-electron chi connectivity index (χ3n) is 3.14. The highest BCUT2D eigenvalue weighted by Gasteiger charge is 2.25. The van der Waals surface area contributed by atoms with Crippen LogP contribution >= 0.6 is 0 Å². The molecule has 0 aromatic heterocycles. The fourth-order valence-corrected chi connectivity index (χ4v) is 1.74. The lowest BCUT2D eigenvalue weighted by Crippen LogP contribution is -2.51. The Bertz CT molecular complexity index is 304. The topological polar surface area (TPSA) is 96.9 Å². The lowest BCUT2D eigenvalue weighted by molar-refractivity contribution is -0.140. The van der Waals surface area contributed by atoms with Gasteiger partial charge in [-0.05, 0) is 5.92 Å². The minimum atomic E-state index is -1.03. The molecule has 1 aliphatic rings. The average molecular weight is 274 g/mol. The first-order chi connectivity index (χ1) is 9.04. The molecule has 0 aromatic rings. The Kier molecular flexibility index (Phi) is 6.58. The number of hydrogen-bond acceptors (Lipinski definition) is 4. The van der Waals surface area contributed by atoms with Gasteiger partial charge in [-0.1, -0.05) is 20.3 Å². The Labute approximate surface area is 112 Å². The Morgan fingerprint density at radius 1 is 1.42 bits per heavy atom. The van der Waals surface area contributed by atoms with Crippen LogP contribution in [0.4, 0.5) is 4.79 Å². The summed E-state index contributed by atoms with van der Waals surface area (Å²) in [5.74, 6) is -1.15. The monoisotopic (exact) mass is 274 g/mol. The van der Waals surface area contributed by atoms with Gasteiger partial charge in [0.1, 0.15) is 6.04 Å². The zero-order valence-corrected chi connectivity index (χ0v) is 11.3. The second-order valence-electron chi connectivity index (χ2n) is 4.62. The quantitative estimate of drug-likeness (QED) is 0.643. The molecule has 19 heavy (non-hydrogen) atoms. The largest absolute Gasteiger partial charge is 0.480 e. The summed E-state index contributed by atoms with van der Waals surface area (Å²) in [5.41, 5.74) is 0. The van der Waals surface area contributed by atoms with Crippen LogP contribution in [-0.2, 0) is 14.3 Å². The maximum absolute atomic E-state index is 11.6. The first-order valence-electron chi connectivity index (χ1n) is 6.51. The number of urea groups is 1. The zero-order valence-electron chi connectivity index (χ0n) is 11.3. The molecule has 0 aromatic carbocycles. The number of aliphatic carboxylic acids is 1. The molecular formula is C12H22N2O5. The molecule has 1 heterocycles. The number of amides is 2. The van der Waals surface area contributed by atoms with E-state index in [0.29, 0.717) is 32.8 Å². The van der Waals surface area contributed by atoms with E-state index >= 15 is 0 Å². The second-order valence-corrected chi connectivity index (χ2v) is 4.62. The van der Waals surface area contributed by atoms with Crippen LogP contribution in [0.1, 0.15) is 20.3 Å². The first kappa shape index (κ1) is 15.7. The van der Waals surface area contributed by atoms with Crippen LogP contribution in [0.25, 0.3) is 0 Å². The van der Waals surface area contributed by atoms with Crippen LogP contribution in [0.5, 0.6) is 0 Å². The van der Waals surface area contributed by atoms with Gasteiger partial charge in [-0.15, -0.1) is 0 Å². The van der Waals surface area contributed by atoms with Crippen LogP contribution in [0.2, 0.25) is 0 Å². The lowest BCUT2D eigenvalue weighted by Gasteiger charge is -2.24. The number of carboxylic acids is 1. The molecule has 1 aliphatic heterocycles. The van der Waals surface area contributed by atoms with Crippen molar-refractivity contribution in [1.82, 2.24) is 10.6 Å². The average Bonchev–Trinajstić information content (AvgIpc) is 2.42. The Balaban J connectivity index is 2.33. The fourth-order valence-electron chi connectivity index (χ4n) is 1.74. The van der Waals surface area contributed by atoms with E-state index in [1.165, 1.54) is 0 Å². The van der Waals surface area contributed by atoms with Crippen LogP contribution in [0, 0.1) is 5.92 Å². The SMILES string of the molecule is CC[C@H](C)[C@H](NC(=O)NCC1COCCO1)C(=O)O. The molecule has 7 heteroatoms. The predicted molar refractivity (Wildman–Crippen MR) is 68.0 cm³/mol. The minimum Gasteiger partial charge on any atom is -0.480 e. The number of carbonyl (C=O) groups is 2. The summed E-state index contributed by atoms with van der Waals surface area (Å²) < 4.78 is 10.6. The van der Waals surface area contributed by atoms with E-state index in [-0.39, 0.29) is 12.0 Å². The zero-order chi connectivity index (χ0) is 14.3. The third kappa shape index (κ3) is 5.44. The summed E-state index contributed by atoms with van der Waals surface area (Å²) in [6.07, 6.45) is 0.503. The van der Waals surface area contributed by atoms with Gasteiger partial charge in [-0.3, -0.25) is 0 Å². The number of hydrogen-bond donors (Lipinski definition) is 3. The number of carboxylic acid groups (broad SMARTS) is 1. The van der Waals surface area contributed by atoms with Crippen LogP contribution in [-0.4, -0.2) is 55.6 Å². The molecule has 0 aliphatic carbocycles. The van der Waals surface area contributed by atoms with Crippen LogP contribution < -0.4 is 10.6 Å². The van der Waals surface area contributed by atoms with E-state index in [1.54, 1.807) is 6.92 Å². The maximum atomic E-state index is 11.6. The van der Waals surface area contributed by atoms with Gasteiger partial charge in [-0.2, -0.15) is 0 Å². The van der Waals surface area contributed by atoms with E-state index in [2.05, 4.69) is 10.6 Å². The molecule has 3 N–H and O–H groups in total. The molecule has 3 atom stereocenters. The summed E-state index contributed by atoms with van der Waals surface area (Å²) in [5, 5.41) is 14.1. The van der Waals surface area contributed by atoms with Crippen molar-refractivity contribution in [2.45, 2.75) is 32.4 Å². The van der Waals surface area contributed by atoms with Gasteiger partial charge in [0.25, 0.3) is 0 Å². The molecule has 0 spiro atoms. The molecule has 0 bridgehead atoms. The molecule has 2 amide bonds. The van der Waals surface area contributed by atoms with Crippen molar-refractivity contribution in [2.75, 3.05) is 26.4 Å². The number of nitrogens with one attached hydrogen (secondary N) is 2. The molecule has 0 saturated carbocycles. The first-order valence-corrected chi connectivity index (χ1v) is 6.51. The van der Waals surface area contributed by atoms with Crippen LogP contribution in [0.15, 0.2) is 0 Å². The van der Waals surface area contributed by atoms with E-state index in [9.17, 15) is 9.59 Å². The second kappa shape index (κ2) is 7.96. The highest BCUT2D eigenvalue weighted by Crippen LogP contribution is 2.07. The van der Waals surface area contributed by atoms with Crippen molar-refractivity contribution in [3.8, 4) is 0 Å². The molecule has 1 saturated heterocycles. The maximum Gasteiger partial charge on any atom is 0.326 e. The minimum absolute atomic E-state index is 0.127. The van der Waals surface area contributed by atoms with Gasteiger partial charge in [0.2, 0.25) is 0 Å². The summed E-state index contributed by atoms with van der Waals surface area (Å²) in [4.78, 5) is 22.7. The molecule has 1 unspecified atom stereocenters. The summed E-state index contributed by atoms with van der Waals surface area (Å²) in [6.45, 7) is 5.49. The number of ether oxygens (including phenoxy) is 2. The van der Waals surface area contributed by atoms with E-state index in [4.69, 9.17) is 14.6 Å². The summed E-state index contributed by atoms with van der Waals surface area (Å²) in [7, 11) is 0. The van der Waals surface area contributed by atoms with E-state index in [1.807, 2.05) is 6.92 Å². The van der Waals surface area contributed by atoms with Crippen molar-refractivity contribution in [1.29, 1.82) is 0 Å². The Morgan fingerprint density at radius 3 is 2.68 bits per heavy atom. The Hall–Kier alpha value is -1.34. The van der Waals surface area contributed by atoms with Crippen LogP contribution in [0.3, 0.4) is 0 Å². The normalized spacial score (nSPS) is 22.3. The number of carbonyl (C=O) groups excluding carboxylic acids is 1. The molecule has 7 nitrogen and oxygen atoms in total. The van der Waals surface area contributed by atoms with Gasteiger partial charge >= 0.3 is 12.0 Å². The highest BCUT2D eigenvalue weighted by atomic mass is 16.6. The van der Waals surface area contributed by atoms with Gasteiger partial charge < -0.3 is 25.2 Å². The smallest absolute Gasteiger partial charge is 0.326 e. The van der Waals surface area contributed by atoms with E-state index < -0.39 is 18.0 Å². The molecular weight excluding hydrogens is 252 g/mol. The van der Waals surface area contributed by atoms with Crippen molar-refractivity contribution < 1.29 is 24.2 Å². The van der Waals surface area contributed by atoms with Gasteiger partial charge in [0.15, 0.2) is 0 Å². The Morgan fingerprint density at radius 2 is 2.16 bits per heavy atom. The van der Waals surface area contributed by atoms with Crippen molar-refractivity contribution in [2.24, 2.45) is 5.92 Å². The van der Waals surface area contributed by atoms with Gasteiger partial charge in [-0.25, -0.2) is 9.59 Å². The standard InChI is InChI=1S/C12H22N2O5/c1-3-8(2)10(11(15)16)14-12(17)13-6-9-7-18-4-5-19-9/h8-10H,3-7H2,1-2H3,(H,15,16)(H2,13,14,17)/t8-,9?,10-/m0/s1. The van der Waals surface area contributed by atoms with E-state index in [0.717, 1.165) is 0 Å². The molecule has 1 fully saturated rings. The lowest BCUT2D eigenvalue weighted by atomic mass is 9.99. The fraction of sp³-hybridized carbons (Fsp3) is 0.833. The van der Waals surface area contributed by atoms with Crippen molar-refractivity contribution >= 4 is 12.0 Å². The summed E-state index contributed by atoms with van der Waals surface area (Å²) in [6, 6.07) is -1.38. The van der Waals surface area contributed by atoms with Crippen molar-refractivity contribution in [3.63, 3.8) is 0 Å². The predicted octanol–water partition coefficient (Wildman–Crippen LogP) is 0.200. The van der Waals surface area contributed by atoms with Gasteiger partial charge in [0.05, 0.1) is 25.9 Å². The molecule has 110 valence electrons. The highest BCUT2D eigenvalue weighted by molar-refractivity contribution is 5.82. The van der Waals surface area contributed by atoms with Crippen molar-refractivity contribution in [3.05, 3.63) is 0 Å². The summed E-state index contributed by atoms with van der Waals surface area (Å²) >= 11 is 0. The molecule has 1 rings (SSSR count). The third-order valence-corrected chi connectivity index (χ3v) is 3.14.